The van der Waals surface area contributed by atoms with Crippen molar-refractivity contribution < 1.29 is 20.6 Å². The summed E-state index contributed by atoms with van der Waals surface area (Å²) in [6, 6.07) is 0. The Morgan fingerprint density at radius 2 is 0.870 bits per heavy atom. The Morgan fingerprint density at radius 1 is 0.565 bits per heavy atom. The van der Waals surface area contributed by atoms with Gasteiger partial charge in [0.25, 0.3) is 0 Å². The molecule has 0 atom stereocenters. The maximum Gasteiger partial charge on any atom is 0.404 e. The van der Waals surface area contributed by atoms with Crippen LogP contribution in [0.3, 0.4) is 0 Å². The van der Waals surface area contributed by atoms with E-state index in [0.717, 1.165) is 13.0 Å². The second-order valence-electron chi connectivity index (χ2n) is 7.98. The Bertz CT molecular complexity index is 389. The topological polar surface area (TPSA) is 58.2 Å². The first-order chi connectivity index (χ1) is 10.1. The lowest BCUT2D eigenvalue weighted by atomic mass is 10.5. The van der Waals surface area contributed by atoms with Gasteiger partial charge in [0.05, 0.1) is 0 Å². The van der Waals surface area contributed by atoms with Gasteiger partial charge in [0.1, 0.15) is 0 Å². The average Bonchev–Trinajstić information content (AvgIpc) is 2.16. The Kier molecular flexibility index (Phi) is 6.87. The van der Waals surface area contributed by atoms with Crippen LogP contribution in [-0.2, 0) is 20.6 Å². The van der Waals surface area contributed by atoms with Crippen molar-refractivity contribution in [1.82, 2.24) is 4.98 Å². The maximum atomic E-state index is 6.49. The molecule has 0 radical (unpaired) electrons. The molecule has 0 aromatic rings. The van der Waals surface area contributed by atoms with Crippen molar-refractivity contribution in [3.05, 3.63) is 0 Å². The van der Waals surface area contributed by atoms with Crippen molar-refractivity contribution in [2.45, 2.75) is 72.3 Å². The predicted molar refractivity (Wildman–Crippen MR) is 105 cm³/mol. The summed E-state index contributed by atoms with van der Waals surface area (Å²) in [6.45, 7) is 21.7. The van der Waals surface area contributed by atoms with Crippen LogP contribution in [0.15, 0.2) is 0 Å². The highest BCUT2D eigenvalue weighted by Gasteiger charge is 2.52. The van der Waals surface area contributed by atoms with E-state index in [9.17, 15) is 0 Å². The maximum absolute atomic E-state index is 6.49. The molecule has 11 heteroatoms. The van der Waals surface area contributed by atoms with Gasteiger partial charge in [-0.25, -0.2) is 0 Å². The fourth-order valence-corrected chi connectivity index (χ4v) is 28.9. The van der Waals surface area contributed by atoms with E-state index >= 15 is 0 Å². The summed E-state index contributed by atoms with van der Waals surface area (Å²) in [5.41, 5.74) is 0. The smallest absolute Gasteiger partial charge is 0.404 e. The molecule has 0 saturated carbocycles. The monoisotopic (exact) mass is 413 g/mol. The highest BCUT2D eigenvalue weighted by atomic mass is 28.5. The van der Waals surface area contributed by atoms with Gasteiger partial charge in [-0.2, -0.15) is 0 Å². The zero-order valence-corrected chi connectivity index (χ0v) is 21.5. The lowest BCUT2D eigenvalue weighted by Gasteiger charge is -2.47. The van der Waals surface area contributed by atoms with E-state index in [1.807, 2.05) is 0 Å². The van der Waals surface area contributed by atoms with Crippen LogP contribution in [0, 0.1) is 0 Å². The Hall–Kier alpha value is 0.844. The summed E-state index contributed by atoms with van der Waals surface area (Å²) in [5, 5.41) is 0. The highest BCUT2D eigenvalue weighted by Crippen LogP contribution is 2.29. The molecule has 1 fully saturated rings. The van der Waals surface area contributed by atoms with Gasteiger partial charge in [-0.1, -0.05) is 6.92 Å². The lowest BCUT2D eigenvalue weighted by Crippen LogP contribution is -2.69. The summed E-state index contributed by atoms with van der Waals surface area (Å²) >= 11 is 0. The summed E-state index contributed by atoms with van der Waals surface area (Å²) in [6.07, 6.45) is 1.03. The van der Waals surface area contributed by atoms with Crippen LogP contribution in [0.4, 0.5) is 0 Å². The first kappa shape index (κ1) is 21.9. The van der Waals surface area contributed by atoms with Crippen molar-refractivity contribution in [1.29, 1.82) is 0 Å². The average molecular weight is 414 g/mol. The molecule has 1 aliphatic heterocycles. The zero-order valence-electron chi connectivity index (χ0n) is 16.5. The minimum atomic E-state index is -2.58. The van der Waals surface area contributed by atoms with E-state index in [0.29, 0.717) is 0 Å². The number of hydrogen-bond acceptors (Lipinski definition) is 6. The van der Waals surface area contributed by atoms with Gasteiger partial charge in [-0.05, 0) is 71.9 Å². The third-order valence-electron chi connectivity index (χ3n) is 3.05. The molecule has 6 nitrogen and oxygen atoms in total. The third-order valence-corrected chi connectivity index (χ3v) is 22.8. The summed E-state index contributed by atoms with van der Waals surface area (Å²) in [4.78, 5) is 3.52. The van der Waals surface area contributed by atoms with Crippen LogP contribution < -0.4 is 4.98 Å². The van der Waals surface area contributed by atoms with Crippen LogP contribution in [0.5, 0.6) is 0 Å². The van der Waals surface area contributed by atoms with Crippen LogP contribution in [0.2, 0.25) is 58.9 Å². The van der Waals surface area contributed by atoms with Crippen molar-refractivity contribution in [3.8, 4) is 0 Å². The molecule has 138 valence electrons. The van der Waals surface area contributed by atoms with E-state index in [-0.39, 0.29) is 0 Å². The molecule has 0 aromatic heterocycles. The lowest BCUT2D eigenvalue weighted by molar-refractivity contribution is 0.230. The van der Waals surface area contributed by atoms with Gasteiger partial charge in [0.15, 0.2) is 0 Å². The molecular weight excluding hydrogens is 379 g/mol. The van der Waals surface area contributed by atoms with Gasteiger partial charge >= 0.3 is 43.0 Å². The van der Waals surface area contributed by atoms with Crippen LogP contribution in [0.1, 0.15) is 13.3 Å². The third kappa shape index (κ3) is 7.73. The van der Waals surface area contributed by atoms with E-state index in [2.05, 4.69) is 70.8 Å². The van der Waals surface area contributed by atoms with Gasteiger partial charge in [0, 0.05) is 0 Å². The molecule has 1 aliphatic rings. The molecule has 0 spiro atoms. The van der Waals surface area contributed by atoms with E-state index in [1.54, 1.807) is 0 Å². The molecule has 0 bridgehead atoms. The van der Waals surface area contributed by atoms with Gasteiger partial charge in [-0.15, -0.1) is 0 Å². The molecule has 1 rings (SSSR count). The first-order valence-electron chi connectivity index (χ1n) is 8.35. The minimum Gasteiger partial charge on any atom is -0.416 e. The fourth-order valence-electron chi connectivity index (χ4n) is 3.24. The molecule has 0 aromatic carbocycles. The van der Waals surface area contributed by atoms with Crippen molar-refractivity contribution in [2.75, 3.05) is 6.54 Å². The van der Waals surface area contributed by atoms with Gasteiger partial charge < -0.3 is 20.6 Å². The SMILES string of the molecule is CCCN[Si]1(C)O[Si](C)(C)O[Si](C)(C)O[Si](C)(C)O[Si](C)(C)O1. The number of rotatable bonds is 3. The Morgan fingerprint density at radius 3 is 1.17 bits per heavy atom. The number of hydrogen-bond donors (Lipinski definition) is 1. The van der Waals surface area contributed by atoms with Crippen LogP contribution >= 0.6 is 0 Å². The van der Waals surface area contributed by atoms with Gasteiger partial charge in [-0.3, -0.25) is 4.98 Å². The molecule has 1 N–H and O–H groups in total. The second-order valence-corrected chi connectivity index (χ2v) is 25.5. The first-order valence-corrected chi connectivity index (χ1v) is 21.9. The van der Waals surface area contributed by atoms with Crippen molar-refractivity contribution in [2.24, 2.45) is 0 Å². The summed E-state index contributed by atoms with van der Waals surface area (Å²) in [5.74, 6) is 0. The van der Waals surface area contributed by atoms with Crippen molar-refractivity contribution in [3.63, 3.8) is 0 Å². The van der Waals surface area contributed by atoms with Crippen molar-refractivity contribution >= 4 is 43.0 Å². The fraction of sp³-hybridized carbons (Fsp3) is 1.00. The molecule has 0 unspecified atom stereocenters. The second kappa shape index (κ2) is 7.22. The largest absolute Gasteiger partial charge is 0.416 e. The highest BCUT2D eigenvalue weighted by molar-refractivity contribution is 6.92. The molecule has 23 heavy (non-hydrogen) atoms. The Labute approximate surface area is 147 Å². The van der Waals surface area contributed by atoms with Crippen LogP contribution in [-0.4, -0.2) is 49.5 Å². The Balaban J connectivity index is 3.19. The quantitative estimate of drug-likeness (QED) is 0.715. The number of nitrogens with one attached hydrogen (secondary N) is 1. The molecule has 1 saturated heterocycles. The summed E-state index contributed by atoms with van der Waals surface area (Å²) in [7, 11) is -12.0. The molecule has 0 amide bonds. The van der Waals surface area contributed by atoms with E-state index < -0.39 is 43.0 Å². The minimum absolute atomic E-state index is 0.871. The predicted octanol–water partition coefficient (Wildman–Crippen LogP) is 3.46. The molecular formula is C12H35NO5Si5. The van der Waals surface area contributed by atoms with E-state index in [4.69, 9.17) is 20.6 Å². The molecule has 1 heterocycles. The van der Waals surface area contributed by atoms with Crippen LogP contribution in [0.25, 0.3) is 0 Å². The van der Waals surface area contributed by atoms with Gasteiger partial charge in [0.2, 0.25) is 0 Å². The normalized spacial score (nSPS) is 29.0. The summed E-state index contributed by atoms with van der Waals surface area (Å²) < 4.78 is 32.1. The standard InChI is InChI=1S/C12H35NO5Si5/c1-11-12-13-23(10)17-21(6,7)15-19(2,3)14-20(4,5)16-22(8,9)18-23/h13H,11-12H2,1-10H3. The zero-order chi connectivity index (χ0) is 18.2. The molecule has 0 aliphatic carbocycles. The van der Waals surface area contributed by atoms with E-state index in [1.165, 1.54) is 0 Å².